The Hall–Kier alpha value is -1.89. The Morgan fingerprint density at radius 1 is 1.18 bits per heavy atom. The van der Waals surface area contributed by atoms with Crippen molar-refractivity contribution in [3.63, 3.8) is 0 Å². The summed E-state index contributed by atoms with van der Waals surface area (Å²) in [4.78, 5) is 11.6. The van der Waals surface area contributed by atoms with Crippen molar-refractivity contribution in [2.75, 3.05) is 19.0 Å². The molecule has 0 aliphatic rings. The molecule has 0 saturated heterocycles. The summed E-state index contributed by atoms with van der Waals surface area (Å²) < 4.78 is 12.7. The summed E-state index contributed by atoms with van der Waals surface area (Å²) in [6.45, 7) is 5.86. The number of H-pyrrole nitrogens is 1. The molecule has 1 aromatic carbocycles. The van der Waals surface area contributed by atoms with E-state index in [0.717, 1.165) is 23.7 Å². The van der Waals surface area contributed by atoms with Crippen molar-refractivity contribution < 1.29 is 9.47 Å². The van der Waals surface area contributed by atoms with Crippen LogP contribution in [-0.4, -0.2) is 33.7 Å². The molecule has 22 heavy (non-hydrogen) atoms. The van der Waals surface area contributed by atoms with E-state index in [1.165, 1.54) is 11.8 Å². The van der Waals surface area contributed by atoms with Crippen LogP contribution in [0.15, 0.2) is 34.2 Å². The molecule has 2 aromatic rings. The van der Waals surface area contributed by atoms with Crippen LogP contribution in [0.2, 0.25) is 0 Å². The SMILES string of the molecule is CCCn1c(SCCOc2ccc(OCC)cc2)n[nH]c1=O. The number of thioether (sulfide) groups is 1. The second kappa shape index (κ2) is 8.53. The molecule has 1 heterocycles. The smallest absolute Gasteiger partial charge is 0.343 e. The summed E-state index contributed by atoms with van der Waals surface area (Å²) in [5.41, 5.74) is -0.156. The Labute approximate surface area is 133 Å². The number of aromatic nitrogens is 3. The number of hydrogen-bond acceptors (Lipinski definition) is 5. The normalized spacial score (nSPS) is 10.6. The summed E-state index contributed by atoms with van der Waals surface area (Å²) in [7, 11) is 0. The van der Waals surface area contributed by atoms with Crippen molar-refractivity contribution in [2.24, 2.45) is 0 Å². The van der Waals surface area contributed by atoms with Gasteiger partial charge in [-0.2, -0.15) is 0 Å². The van der Waals surface area contributed by atoms with Gasteiger partial charge in [-0.05, 0) is 37.6 Å². The van der Waals surface area contributed by atoms with Gasteiger partial charge < -0.3 is 9.47 Å². The number of nitrogens with one attached hydrogen (secondary N) is 1. The summed E-state index contributed by atoms with van der Waals surface area (Å²) in [6.07, 6.45) is 0.898. The van der Waals surface area contributed by atoms with Gasteiger partial charge in [-0.1, -0.05) is 18.7 Å². The van der Waals surface area contributed by atoms with Crippen LogP contribution in [0.3, 0.4) is 0 Å². The van der Waals surface area contributed by atoms with Gasteiger partial charge in [0.15, 0.2) is 5.16 Å². The van der Waals surface area contributed by atoms with E-state index in [0.29, 0.717) is 24.9 Å². The minimum Gasteiger partial charge on any atom is -0.494 e. The summed E-state index contributed by atoms with van der Waals surface area (Å²) in [5, 5.41) is 7.22. The topological polar surface area (TPSA) is 69.1 Å². The van der Waals surface area contributed by atoms with Gasteiger partial charge in [0, 0.05) is 12.3 Å². The molecule has 0 spiro atoms. The predicted molar refractivity (Wildman–Crippen MR) is 87.0 cm³/mol. The average molecular weight is 323 g/mol. The number of rotatable bonds is 9. The highest BCUT2D eigenvalue weighted by Crippen LogP contribution is 2.18. The van der Waals surface area contributed by atoms with E-state index in [1.54, 1.807) is 4.57 Å². The molecule has 120 valence electrons. The highest BCUT2D eigenvalue weighted by atomic mass is 32.2. The zero-order valence-electron chi connectivity index (χ0n) is 12.9. The highest BCUT2D eigenvalue weighted by molar-refractivity contribution is 7.99. The molecule has 1 N–H and O–H groups in total. The molecule has 0 bridgehead atoms. The maximum atomic E-state index is 11.6. The first-order chi connectivity index (χ1) is 10.7. The molecule has 0 aliphatic carbocycles. The minimum atomic E-state index is -0.156. The van der Waals surface area contributed by atoms with Crippen LogP contribution in [0.5, 0.6) is 11.5 Å². The van der Waals surface area contributed by atoms with E-state index in [9.17, 15) is 4.79 Å². The Morgan fingerprint density at radius 2 is 1.86 bits per heavy atom. The Bertz CT molecular complexity index is 622. The van der Waals surface area contributed by atoms with Gasteiger partial charge >= 0.3 is 5.69 Å². The lowest BCUT2D eigenvalue weighted by Gasteiger charge is -2.07. The molecule has 0 fully saturated rings. The molecule has 0 amide bonds. The maximum Gasteiger partial charge on any atom is 0.343 e. The quantitative estimate of drug-likeness (QED) is 0.567. The number of benzene rings is 1. The van der Waals surface area contributed by atoms with Crippen LogP contribution < -0.4 is 15.2 Å². The number of nitrogens with zero attached hydrogens (tertiary/aromatic N) is 2. The van der Waals surface area contributed by atoms with Gasteiger partial charge in [-0.25, -0.2) is 9.89 Å². The van der Waals surface area contributed by atoms with Crippen LogP contribution in [-0.2, 0) is 6.54 Å². The van der Waals surface area contributed by atoms with Gasteiger partial charge in [0.1, 0.15) is 11.5 Å². The lowest BCUT2D eigenvalue weighted by Crippen LogP contribution is -2.17. The van der Waals surface area contributed by atoms with Gasteiger partial charge in [0.2, 0.25) is 0 Å². The van der Waals surface area contributed by atoms with E-state index in [-0.39, 0.29) is 5.69 Å². The minimum absolute atomic E-state index is 0.156. The number of aromatic amines is 1. The fourth-order valence-corrected chi connectivity index (χ4v) is 2.71. The summed E-state index contributed by atoms with van der Waals surface area (Å²) in [5.74, 6) is 2.36. The highest BCUT2D eigenvalue weighted by Gasteiger charge is 2.07. The fourth-order valence-electron chi connectivity index (χ4n) is 1.93. The Balaban J connectivity index is 1.78. The zero-order valence-corrected chi connectivity index (χ0v) is 13.7. The summed E-state index contributed by atoms with van der Waals surface area (Å²) in [6, 6.07) is 7.55. The Kier molecular flexibility index (Phi) is 6.39. The number of hydrogen-bond donors (Lipinski definition) is 1. The molecule has 0 radical (unpaired) electrons. The molecule has 0 unspecified atom stereocenters. The second-order valence-corrected chi connectivity index (χ2v) is 5.63. The molecule has 0 atom stereocenters. The maximum absolute atomic E-state index is 11.6. The first-order valence-corrected chi connectivity index (χ1v) is 8.36. The van der Waals surface area contributed by atoms with Crippen molar-refractivity contribution in [1.82, 2.24) is 14.8 Å². The van der Waals surface area contributed by atoms with E-state index >= 15 is 0 Å². The van der Waals surface area contributed by atoms with Gasteiger partial charge in [0.25, 0.3) is 0 Å². The van der Waals surface area contributed by atoms with Crippen molar-refractivity contribution in [3.8, 4) is 11.5 Å². The molecule has 7 heteroatoms. The summed E-state index contributed by atoms with van der Waals surface area (Å²) >= 11 is 1.51. The first kappa shape index (κ1) is 16.5. The molecular formula is C15H21N3O3S. The van der Waals surface area contributed by atoms with E-state index < -0.39 is 0 Å². The van der Waals surface area contributed by atoms with Crippen molar-refractivity contribution in [1.29, 1.82) is 0 Å². The van der Waals surface area contributed by atoms with Gasteiger partial charge in [-0.15, -0.1) is 5.10 Å². The third kappa shape index (κ3) is 4.56. The predicted octanol–water partition coefficient (Wildman–Crippen LogP) is 2.55. The Morgan fingerprint density at radius 3 is 2.50 bits per heavy atom. The van der Waals surface area contributed by atoms with Crippen LogP contribution in [0.4, 0.5) is 0 Å². The van der Waals surface area contributed by atoms with Gasteiger partial charge in [0.05, 0.1) is 13.2 Å². The molecule has 2 rings (SSSR count). The molecule has 0 saturated carbocycles. The zero-order chi connectivity index (χ0) is 15.8. The van der Waals surface area contributed by atoms with Crippen LogP contribution in [0.1, 0.15) is 20.3 Å². The molecular weight excluding hydrogens is 302 g/mol. The van der Waals surface area contributed by atoms with E-state index in [2.05, 4.69) is 10.2 Å². The molecule has 0 aliphatic heterocycles. The van der Waals surface area contributed by atoms with E-state index in [1.807, 2.05) is 38.1 Å². The largest absolute Gasteiger partial charge is 0.494 e. The monoisotopic (exact) mass is 323 g/mol. The van der Waals surface area contributed by atoms with Crippen LogP contribution >= 0.6 is 11.8 Å². The van der Waals surface area contributed by atoms with Crippen molar-refractivity contribution >= 4 is 11.8 Å². The van der Waals surface area contributed by atoms with Crippen LogP contribution in [0, 0.1) is 0 Å². The molecule has 1 aromatic heterocycles. The number of ether oxygens (including phenoxy) is 2. The average Bonchev–Trinajstić information content (AvgIpc) is 2.87. The fraction of sp³-hybridized carbons (Fsp3) is 0.467. The van der Waals surface area contributed by atoms with Crippen LogP contribution in [0.25, 0.3) is 0 Å². The van der Waals surface area contributed by atoms with Crippen molar-refractivity contribution in [3.05, 3.63) is 34.7 Å². The first-order valence-electron chi connectivity index (χ1n) is 7.38. The second-order valence-electron chi connectivity index (χ2n) is 4.56. The lowest BCUT2D eigenvalue weighted by atomic mass is 10.3. The van der Waals surface area contributed by atoms with Gasteiger partial charge in [-0.3, -0.25) is 4.57 Å². The molecule has 6 nitrogen and oxygen atoms in total. The third-order valence-corrected chi connectivity index (χ3v) is 3.83. The van der Waals surface area contributed by atoms with E-state index in [4.69, 9.17) is 9.47 Å². The standard InChI is InChI=1S/C15H21N3O3S/c1-3-9-18-14(19)16-17-15(18)22-11-10-21-13-7-5-12(6-8-13)20-4-2/h5-8H,3-4,9-11H2,1-2H3,(H,16,19). The third-order valence-electron chi connectivity index (χ3n) is 2.89. The van der Waals surface area contributed by atoms with Crippen molar-refractivity contribution in [2.45, 2.75) is 32.0 Å². The lowest BCUT2D eigenvalue weighted by molar-refractivity contribution is 0.332.